The molecule has 18 heavy (non-hydrogen) atoms. The molecule has 0 radical (unpaired) electrons. The minimum atomic E-state index is 0.101. The summed E-state index contributed by atoms with van der Waals surface area (Å²) in [5, 5.41) is 11.4. The first kappa shape index (κ1) is 13.1. The second-order valence-electron chi connectivity index (χ2n) is 5.38. The Morgan fingerprint density at radius 1 is 1.44 bits per heavy atom. The largest absolute Gasteiger partial charge is 0.364 e. The number of hydrogen-bond donors (Lipinski definition) is 1. The van der Waals surface area contributed by atoms with Gasteiger partial charge in [-0.1, -0.05) is 20.8 Å². The fourth-order valence-corrected chi connectivity index (χ4v) is 2.07. The summed E-state index contributed by atoms with van der Waals surface area (Å²) in [6.45, 7) is 6.55. The van der Waals surface area contributed by atoms with E-state index in [4.69, 9.17) is 11.6 Å². The van der Waals surface area contributed by atoms with Crippen molar-refractivity contribution >= 4 is 23.1 Å². The molecule has 0 bridgehead atoms. The molecule has 0 fully saturated rings. The molecule has 0 spiro atoms. The second-order valence-corrected chi connectivity index (χ2v) is 5.76. The zero-order chi connectivity index (χ0) is 13.2. The summed E-state index contributed by atoms with van der Waals surface area (Å²) in [6.07, 6.45) is 6.10. The predicted molar refractivity (Wildman–Crippen MR) is 73.0 cm³/mol. The topological polar surface area (TPSA) is 55.1 Å². The lowest BCUT2D eigenvalue weighted by molar-refractivity contribution is 0.334. The number of nitrogens with zero attached hydrogens (tertiary/aromatic N) is 4. The molecule has 5 nitrogen and oxygen atoms in total. The van der Waals surface area contributed by atoms with Gasteiger partial charge in [0.25, 0.3) is 0 Å². The summed E-state index contributed by atoms with van der Waals surface area (Å²) >= 11 is 5.87. The van der Waals surface area contributed by atoms with Gasteiger partial charge in [0, 0.05) is 24.3 Å². The number of nitrogens with one attached hydrogen (secondary N) is 1. The van der Waals surface area contributed by atoms with Crippen LogP contribution < -0.4 is 5.32 Å². The third kappa shape index (κ3) is 2.72. The molecule has 0 amide bonds. The molecule has 0 aliphatic heterocycles. The van der Waals surface area contributed by atoms with Crippen LogP contribution in [0.15, 0.2) is 18.7 Å². The van der Waals surface area contributed by atoms with Crippen molar-refractivity contribution < 1.29 is 0 Å². The second kappa shape index (κ2) is 5.10. The highest BCUT2D eigenvalue weighted by Gasteiger charge is 2.25. The van der Waals surface area contributed by atoms with Crippen molar-refractivity contribution in [1.29, 1.82) is 0 Å². The quantitative estimate of drug-likeness (QED) is 0.865. The van der Waals surface area contributed by atoms with E-state index in [1.165, 1.54) is 0 Å². The van der Waals surface area contributed by atoms with Crippen LogP contribution in [0.25, 0.3) is 5.65 Å². The Labute approximate surface area is 112 Å². The third-order valence-corrected chi connectivity index (χ3v) is 3.19. The van der Waals surface area contributed by atoms with Gasteiger partial charge in [-0.2, -0.15) is 0 Å². The van der Waals surface area contributed by atoms with Gasteiger partial charge in [0.15, 0.2) is 5.82 Å². The maximum Gasteiger partial charge on any atom is 0.203 e. The molecule has 0 aromatic carbocycles. The highest BCUT2D eigenvalue weighted by Crippen LogP contribution is 2.26. The lowest BCUT2D eigenvalue weighted by Crippen LogP contribution is -2.34. The summed E-state index contributed by atoms with van der Waals surface area (Å²) in [7, 11) is 0. The Bertz CT molecular complexity index is 516. The molecule has 0 saturated carbocycles. The zero-order valence-corrected chi connectivity index (χ0v) is 11.6. The first-order valence-electron chi connectivity index (χ1n) is 5.99. The Hall–Kier alpha value is -1.36. The van der Waals surface area contributed by atoms with Crippen molar-refractivity contribution in [2.24, 2.45) is 5.41 Å². The minimum absolute atomic E-state index is 0.101. The summed E-state index contributed by atoms with van der Waals surface area (Å²) in [5.41, 5.74) is 0.838. The van der Waals surface area contributed by atoms with Crippen LogP contribution in [0, 0.1) is 5.41 Å². The van der Waals surface area contributed by atoms with E-state index >= 15 is 0 Å². The smallest absolute Gasteiger partial charge is 0.203 e. The van der Waals surface area contributed by atoms with E-state index < -0.39 is 0 Å². The van der Waals surface area contributed by atoms with Crippen LogP contribution >= 0.6 is 11.6 Å². The summed E-state index contributed by atoms with van der Waals surface area (Å²) in [5.74, 6) is 1.37. The monoisotopic (exact) mass is 267 g/mol. The average Bonchev–Trinajstić information content (AvgIpc) is 2.76. The van der Waals surface area contributed by atoms with Crippen LogP contribution in [0.1, 0.15) is 27.2 Å². The third-order valence-electron chi connectivity index (χ3n) is 2.97. The molecule has 2 aromatic heterocycles. The van der Waals surface area contributed by atoms with Gasteiger partial charge in [0.1, 0.15) is 6.33 Å². The van der Waals surface area contributed by atoms with Gasteiger partial charge in [0.05, 0.1) is 0 Å². The Morgan fingerprint density at radius 3 is 2.89 bits per heavy atom. The number of aromatic nitrogens is 4. The Morgan fingerprint density at radius 2 is 2.22 bits per heavy atom. The van der Waals surface area contributed by atoms with E-state index in [0.717, 1.165) is 17.9 Å². The fraction of sp³-hybridized carbons (Fsp3) is 0.583. The first-order valence-corrected chi connectivity index (χ1v) is 6.52. The van der Waals surface area contributed by atoms with Crippen molar-refractivity contribution in [2.75, 3.05) is 11.2 Å². The molecule has 1 atom stereocenters. The van der Waals surface area contributed by atoms with Crippen molar-refractivity contribution in [3.8, 4) is 0 Å². The van der Waals surface area contributed by atoms with Crippen LogP contribution in [-0.2, 0) is 0 Å². The van der Waals surface area contributed by atoms with Gasteiger partial charge in [-0.3, -0.25) is 4.40 Å². The van der Waals surface area contributed by atoms with E-state index in [1.807, 2.05) is 10.6 Å². The number of alkyl halides is 1. The van der Waals surface area contributed by atoms with E-state index in [0.29, 0.717) is 5.88 Å². The molecular weight excluding hydrogens is 250 g/mol. The number of anilines is 1. The van der Waals surface area contributed by atoms with E-state index in [1.54, 1.807) is 12.5 Å². The number of rotatable bonds is 4. The molecule has 0 aliphatic rings. The molecule has 1 unspecified atom stereocenters. The molecule has 6 heteroatoms. The van der Waals surface area contributed by atoms with Crippen molar-refractivity contribution in [3.05, 3.63) is 18.7 Å². The Balaban J connectivity index is 2.28. The zero-order valence-electron chi connectivity index (χ0n) is 10.9. The molecule has 1 N–H and O–H groups in total. The average molecular weight is 268 g/mol. The molecular formula is C12H18ClN5. The summed E-state index contributed by atoms with van der Waals surface area (Å²) < 4.78 is 1.84. The maximum atomic E-state index is 5.87. The van der Waals surface area contributed by atoms with Gasteiger partial charge in [0.2, 0.25) is 5.65 Å². The molecule has 2 heterocycles. The van der Waals surface area contributed by atoms with Crippen LogP contribution in [-0.4, -0.2) is 31.5 Å². The van der Waals surface area contributed by atoms with Crippen LogP contribution in [0.2, 0.25) is 0 Å². The fourth-order valence-electron chi connectivity index (χ4n) is 1.86. The molecule has 2 rings (SSSR count). The van der Waals surface area contributed by atoms with E-state index in [9.17, 15) is 0 Å². The predicted octanol–water partition coefficient (Wildman–Crippen LogP) is 2.58. The van der Waals surface area contributed by atoms with Crippen molar-refractivity contribution in [2.45, 2.75) is 33.2 Å². The number of halogens is 1. The standard InChI is InChI=1S/C12H18ClN5/c1-12(2,3)9(4-5-13)16-10-11-17-15-8-18(11)7-6-14-10/h6-9H,4-5H2,1-3H3,(H,14,16). The van der Waals surface area contributed by atoms with Gasteiger partial charge in [-0.05, 0) is 11.8 Å². The first-order chi connectivity index (χ1) is 8.52. The number of hydrogen-bond acceptors (Lipinski definition) is 4. The Kier molecular flexibility index (Phi) is 3.71. The SMILES string of the molecule is CC(C)(C)C(CCCl)Nc1nccn2cnnc12. The minimum Gasteiger partial charge on any atom is -0.364 e. The van der Waals surface area contributed by atoms with Crippen LogP contribution in [0.4, 0.5) is 5.82 Å². The lowest BCUT2D eigenvalue weighted by Gasteiger charge is -2.31. The summed E-state index contributed by atoms with van der Waals surface area (Å²) in [6, 6.07) is 0.241. The molecule has 0 aliphatic carbocycles. The van der Waals surface area contributed by atoms with Gasteiger partial charge >= 0.3 is 0 Å². The highest BCUT2D eigenvalue weighted by atomic mass is 35.5. The van der Waals surface area contributed by atoms with Crippen LogP contribution in [0.5, 0.6) is 0 Å². The van der Waals surface area contributed by atoms with Gasteiger partial charge < -0.3 is 5.32 Å². The van der Waals surface area contributed by atoms with Crippen LogP contribution in [0.3, 0.4) is 0 Å². The highest BCUT2D eigenvalue weighted by molar-refractivity contribution is 6.17. The van der Waals surface area contributed by atoms with E-state index in [2.05, 4.69) is 41.3 Å². The normalized spacial score (nSPS) is 13.8. The maximum absolute atomic E-state index is 5.87. The van der Waals surface area contributed by atoms with Crippen molar-refractivity contribution in [3.63, 3.8) is 0 Å². The van der Waals surface area contributed by atoms with Gasteiger partial charge in [-0.15, -0.1) is 21.8 Å². The molecule has 0 saturated heterocycles. The number of fused-ring (bicyclic) bond motifs is 1. The molecule has 2 aromatic rings. The van der Waals surface area contributed by atoms with Crippen molar-refractivity contribution in [1.82, 2.24) is 19.6 Å². The summed E-state index contributed by atoms with van der Waals surface area (Å²) in [4.78, 5) is 4.34. The molecule has 98 valence electrons. The van der Waals surface area contributed by atoms with E-state index in [-0.39, 0.29) is 11.5 Å². The lowest BCUT2D eigenvalue weighted by atomic mass is 9.85. The van der Waals surface area contributed by atoms with Gasteiger partial charge in [-0.25, -0.2) is 4.98 Å².